The topological polar surface area (TPSA) is 75.3 Å². The Morgan fingerprint density at radius 2 is 2.00 bits per heavy atom. The van der Waals surface area contributed by atoms with Gasteiger partial charge in [0.05, 0.1) is 23.0 Å². The highest BCUT2D eigenvalue weighted by atomic mass is 32.2. The molecule has 3 aromatic rings. The van der Waals surface area contributed by atoms with Crippen LogP contribution in [0.15, 0.2) is 59.8 Å². The average molecular weight is 369 g/mol. The molecule has 0 spiro atoms. The standard InChI is InChI=1S/C19H19N3O3S/c1-25-15-4-6-16(7-5-15)26(23,24)22-11-8-14(9-12-22)17-13-21-18-3-2-10-20-19(17)18/h2-8,10,13,21H,9,11-12H2,1H3. The van der Waals surface area contributed by atoms with Gasteiger partial charge in [-0.25, -0.2) is 8.42 Å². The number of methoxy groups -OCH3 is 1. The number of nitrogens with one attached hydrogen (secondary N) is 1. The van der Waals surface area contributed by atoms with E-state index in [1.54, 1.807) is 37.6 Å². The summed E-state index contributed by atoms with van der Waals surface area (Å²) in [6.45, 7) is 0.795. The Kier molecular flexibility index (Phi) is 4.26. The monoisotopic (exact) mass is 369 g/mol. The molecule has 1 aromatic carbocycles. The number of H-pyrrole nitrogens is 1. The summed E-state index contributed by atoms with van der Waals surface area (Å²) in [7, 11) is -1.96. The van der Waals surface area contributed by atoms with Crippen molar-refractivity contribution in [3.05, 3.63) is 60.4 Å². The summed E-state index contributed by atoms with van der Waals surface area (Å²) in [4.78, 5) is 7.93. The molecule has 0 fully saturated rings. The quantitative estimate of drug-likeness (QED) is 0.767. The molecule has 7 heteroatoms. The van der Waals surface area contributed by atoms with Crippen LogP contribution in [0.25, 0.3) is 16.6 Å². The van der Waals surface area contributed by atoms with E-state index < -0.39 is 10.0 Å². The summed E-state index contributed by atoms with van der Waals surface area (Å²) in [5.74, 6) is 0.636. The fourth-order valence-electron chi connectivity index (χ4n) is 3.21. The van der Waals surface area contributed by atoms with Gasteiger partial charge in [-0.2, -0.15) is 4.31 Å². The van der Waals surface area contributed by atoms with Gasteiger partial charge in [0.2, 0.25) is 10.0 Å². The number of rotatable bonds is 4. The maximum Gasteiger partial charge on any atom is 0.243 e. The summed E-state index contributed by atoms with van der Waals surface area (Å²) in [6, 6.07) is 10.4. The zero-order chi connectivity index (χ0) is 18.1. The lowest BCUT2D eigenvalue weighted by molar-refractivity contribution is 0.414. The summed E-state index contributed by atoms with van der Waals surface area (Å²) in [5, 5.41) is 0. The van der Waals surface area contributed by atoms with Crippen LogP contribution in [0, 0.1) is 0 Å². The summed E-state index contributed by atoms with van der Waals surface area (Å²) in [6.07, 6.45) is 6.33. The van der Waals surface area contributed by atoms with Gasteiger partial charge in [0.15, 0.2) is 0 Å². The van der Waals surface area contributed by atoms with E-state index >= 15 is 0 Å². The van der Waals surface area contributed by atoms with Crippen molar-refractivity contribution < 1.29 is 13.2 Å². The molecule has 1 aliphatic heterocycles. The SMILES string of the molecule is COc1ccc(S(=O)(=O)N2CC=C(c3c[nH]c4cccnc34)CC2)cc1. The largest absolute Gasteiger partial charge is 0.497 e. The summed E-state index contributed by atoms with van der Waals surface area (Å²) < 4.78 is 32.3. The van der Waals surface area contributed by atoms with Gasteiger partial charge in [-0.05, 0) is 48.4 Å². The van der Waals surface area contributed by atoms with Gasteiger partial charge in [-0.3, -0.25) is 4.98 Å². The second kappa shape index (κ2) is 6.59. The van der Waals surface area contributed by atoms with E-state index in [0.29, 0.717) is 25.3 Å². The van der Waals surface area contributed by atoms with Crippen molar-refractivity contribution in [2.75, 3.05) is 20.2 Å². The van der Waals surface area contributed by atoms with Gasteiger partial charge in [-0.15, -0.1) is 0 Å². The van der Waals surface area contributed by atoms with Crippen molar-refractivity contribution in [1.29, 1.82) is 0 Å². The molecule has 0 atom stereocenters. The fraction of sp³-hybridized carbons (Fsp3) is 0.211. The first-order valence-electron chi connectivity index (χ1n) is 8.35. The van der Waals surface area contributed by atoms with Gasteiger partial charge in [0.25, 0.3) is 0 Å². The molecule has 0 bridgehead atoms. The highest BCUT2D eigenvalue weighted by Gasteiger charge is 2.27. The van der Waals surface area contributed by atoms with Crippen LogP contribution < -0.4 is 4.74 Å². The highest BCUT2D eigenvalue weighted by Crippen LogP contribution is 2.30. The predicted octanol–water partition coefficient (Wildman–Crippen LogP) is 3.05. The van der Waals surface area contributed by atoms with Crippen LogP contribution in [0.2, 0.25) is 0 Å². The second-order valence-electron chi connectivity index (χ2n) is 6.12. The lowest BCUT2D eigenvalue weighted by Gasteiger charge is -2.25. The van der Waals surface area contributed by atoms with Crippen molar-refractivity contribution in [3.63, 3.8) is 0 Å². The minimum atomic E-state index is -3.51. The van der Waals surface area contributed by atoms with Crippen LogP contribution >= 0.6 is 0 Å². The zero-order valence-corrected chi connectivity index (χ0v) is 15.2. The molecule has 0 unspecified atom stereocenters. The maximum atomic E-state index is 12.8. The lowest BCUT2D eigenvalue weighted by Crippen LogP contribution is -2.34. The van der Waals surface area contributed by atoms with E-state index in [1.807, 2.05) is 24.4 Å². The van der Waals surface area contributed by atoms with Crippen molar-refractivity contribution in [2.24, 2.45) is 0 Å². The van der Waals surface area contributed by atoms with E-state index in [2.05, 4.69) is 9.97 Å². The minimum Gasteiger partial charge on any atom is -0.497 e. The number of hydrogen-bond donors (Lipinski definition) is 1. The van der Waals surface area contributed by atoms with Crippen LogP contribution in [-0.2, 0) is 10.0 Å². The Morgan fingerprint density at radius 3 is 2.69 bits per heavy atom. The molecule has 1 N–H and O–H groups in total. The average Bonchev–Trinajstić information content (AvgIpc) is 3.12. The van der Waals surface area contributed by atoms with Crippen LogP contribution in [0.1, 0.15) is 12.0 Å². The van der Waals surface area contributed by atoms with Crippen molar-refractivity contribution in [1.82, 2.24) is 14.3 Å². The number of aromatic amines is 1. The van der Waals surface area contributed by atoms with Crippen molar-refractivity contribution in [2.45, 2.75) is 11.3 Å². The second-order valence-corrected chi connectivity index (χ2v) is 8.06. The lowest BCUT2D eigenvalue weighted by atomic mass is 10.0. The number of pyridine rings is 1. The van der Waals surface area contributed by atoms with Crippen molar-refractivity contribution >= 4 is 26.6 Å². The first-order chi connectivity index (χ1) is 12.6. The Balaban J connectivity index is 1.58. The number of ether oxygens (including phenoxy) is 1. The smallest absolute Gasteiger partial charge is 0.243 e. The number of aromatic nitrogens is 2. The molecule has 0 saturated carbocycles. The van der Waals surface area contributed by atoms with E-state index in [0.717, 1.165) is 22.2 Å². The van der Waals surface area contributed by atoms with Gasteiger partial charge >= 0.3 is 0 Å². The molecule has 0 amide bonds. The molecule has 6 nitrogen and oxygen atoms in total. The number of hydrogen-bond acceptors (Lipinski definition) is 4. The Labute approximate surface area is 152 Å². The molecule has 2 aromatic heterocycles. The number of nitrogens with zero attached hydrogens (tertiary/aromatic N) is 2. The molecule has 26 heavy (non-hydrogen) atoms. The molecule has 0 radical (unpaired) electrons. The molecule has 134 valence electrons. The van der Waals surface area contributed by atoms with Crippen LogP contribution in [0.4, 0.5) is 0 Å². The normalized spacial score (nSPS) is 15.8. The Hall–Kier alpha value is -2.64. The van der Waals surface area contributed by atoms with E-state index in [1.165, 1.54) is 4.31 Å². The van der Waals surface area contributed by atoms with Crippen LogP contribution in [0.5, 0.6) is 5.75 Å². The van der Waals surface area contributed by atoms with Gasteiger partial charge in [0.1, 0.15) is 5.75 Å². The third-order valence-electron chi connectivity index (χ3n) is 4.65. The Morgan fingerprint density at radius 1 is 1.19 bits per heavy atom. The molecular weight excluding hydrogens is 350 g/mol. The third-order valence-corrected chi connectivity index (χ3v) is 6.53. The highest BCUT2D eigenvalue weighted by molar-refractivity contribution is 7.89. The molecule has 0 saturated heterocycles. The van der Waals surface area contributed by atoms with Gasteiger partial charge in [0, 0.05) is 31.0 Å². The summed E-state index contributed by atoms with van der Waals surface area (Å²) in [5.41, 5.74) is 4.07. The molecular formula is C19H19N3O3S. The van der Waals surface area contributed by atoms with Crippen molar-refractivity contribution in [3.8, 4) is 5.75 Å². The minimum absolute atomic E-state index is 0.281. The van der Waals surface area contributed by atoms with Gasteiger partial charge < -0.3 is 9.72 Å². The van der Waals surface area contributed by atoms with Crippen LogP contribution in [0.3, 0.4) is 0 Å². The van der Waals surface area contributed by atoms with Crippen LogP contribution in [-0.4, -0.2) is 42.9 Å². The van der Waals surface area contributed by atoms with E-state index in [4.69, 9.17) is 4.74 Å². The maximum absolute atomic E-state index is 12.8. The summed E-state index contributed by atoms with van der Waals surface area (Å²) >= 11 is 0. The van der Waals surface area contributed by atoms with E-state index in [-0.39, 0.29) is 4.90 Å². The molecule has 1 aliphatic rings. The molecule has 0 aliphatic carbocycles. The zero-order valence-electron chi connectivity index (χ0n) is 14.3. The predicted molar refractivity (Wildman–Crippen MR) is 100 cm³/mol. The number of fused-ring (bicyclic) bond motifs is 1. The third kappa shape index (κ3) is 2.89. The Bertz CT molecular complexity index is 1070. The fourth-order valence-corrected chi connectivity index (χ4v) is 4.59. The van der Waals surface area contributed by atoms with E-state index in [9.17, 15) is 8.42 Å². The number of sulfonamides is 1. The molecule has 3 heterocycles. The first kappa shape index (κ1) is 16.8. The first-order valence-corrected chi connectivity index (χ1v) is 9.79. The number of benzene rings is 1. The van der Waals surface area contributed by atoms with Gasteiger partial charge in [-0.1, -0.05) is 6.08 Å². The molecule has 4 rings (SSSR count).